The molecule has 2 rings (SSSR count). The summed E-state index contributed by atoms with van der Waals surface area (Å²) in [4.78, 5) is 13.7. The quantitative estimate of drug-likeness (QED) is 0.818. The Bertz CT molecular complexity index is 419. The molecule has 1 amide bonds. The highest BCUT2D eigenvalue weighted by Gasteiger charge is 2.23. The smallest absolute Gasteiger partial charge is 0.409 e. The van der Waals surface area contributed by atoms with Crippen molar-refractivity contribution < 1.29 is 9.53 Å². The summed E-state index contributed by atoms with van der Waals surface area (Å²) in [7, 11) is 0. The molecule has 0 bridgehead atoms. The maximum atomic E-state index is 11.9. The maximum absolute atomic E-state index is 11.9. The lowest BCUT2D eigenvalue weighted by molar-refractivity contribution is 0.107. The number of amides is 1. The van der Waals surface area contributed by atoms with Gasteiger partial charge in [0.15, 0.2) is 0 Å². The Hall–Kier alpha value is -1.22. The van der Waals surface area contributed by atoms with Gasteiger partial charge in [-0.25, -0.2) is 4.79 Å². The molecule has 1 aliphatic heterocycles. The predicted molar refractivity (Wildman–Crippen MR) is 76.6 cm³/mol. The number of halogens is 1. The van der Waals surface area contributed by atoms with Gasteiger partial charge in [0.1, 0.15) is 0 Å². The van der Waals surface area contributed by atoms with Gasteiger partial charge in [0.05, 0.1) is 6.61 Å². The summed E-state index contributed by atoms with van der Waals surface area (Å²) in [6, 6.07) is 7.94. The number of hydrogen-bond acceptors (Lipinski definition) is 2. The van der Waals surface area contributed by atoms with Gasteiger partial charge in [-0.1, -0.05) is 30.2 Å². The number of benzene rings is 1. The lowest BCUT2D eigenvalue weighted by Crippen LogP contribution is -2.34. The second-order valence-corrected chi connectivity index (χ2v) is 5.33. The van der Waals surface area contributed by atoms with E-state index in [4.69, 9.17) is 16.3 Å². The number of ether oxygens (including phenoxy) is 1. The lowest BCUT2D eigenvalue weighted by atomic mass is 9.94. The average molecular weight is 282 g/mol. The van der Waals surface area contributed by atoms with Crippen molar-refractivity contribution in [1.82, 2.24) is 4.90 Å². The molecule has 1 atom stereocenters. The predicted octanol–water partition coefficient (Wildman–Crippen LogP) is 4.07. The highest BCUT2D eigenvalue weighted by atomic mass is 35.5. The number of carbonyl (C=O) groups excluding carboxylic acids is 1. The standard InChI is InChI=1S/C15H20ClNO2/c1-2-19-15(18)17-10-4-3-5-13(11-17)12-6-8-14(16)9-7-12/h6-9,13H,2-5,10-11H2,1H3. The fraction of sp³-hybridized carbons (Fsp3) is 0.533. The van der Waals surface area contributed by atoms with E-state index < -0.39 is 0 Å². The van der Waals surface area contributed by atoms with Gasteiger partial charge in [0, 0.05) is 24.0 Å². The van der Waals surface area contributed by atoms with E-state index in [0.29, 0.717) is 12.5 Å². The molecule has 1 fully saturated rings. The number of hydrogen-bond donors (Lipinski definition) is 0. The first kappa shape index (κ1) is 14.2. The van der Waals surface area contributed by atoms with Crippen LogP contribution in [0.3, 0.4) is 0 Å². The molecular weight excluding hydrogens is 262 g/mol. The minimum absolute atomic E-state index is 0.191. The molecule has 1 saturated heterocycles. The molecule has 1 aromatic rings. The molecular formula is C15H20ClNO2. The van der Waals surface area contributed by atoms with Crippen molar-refractivity contribution in [1.29, 1.82) is 0 Å². The zero-order valence-corrected chi connectivity index (χ0v) is 12.0. The lowest BCUT2D eigenvalue weighted by Gasteiger charge is -2.24. The van der Waals surface area contributed by atoms with Crippen molar-refractivity contribution in [3.63, 3.8) is 0 Å². The highest BCUT2D eigenvalue weighted by Crippen LogP contribution is 2.27. The van der Waals surface area contributed by atoms with Crippen LogP contribution >= 0.6 is 11.6 Å². The SMILES string of the molecule is CCOC(=O)N1CCCCC(c2ccc(Cl)cc2)C1. The topological polar surface area (TPSA) is 29.5 Å². The van der Waals surface area contributed by atoms with Crippen LogP contribution in [0.4, 0.5) is 4.79 Å². The molecule has 0 radical (unpaired) electrons. The Morgan fingerprint density at radius 3 is 2.79 bits per heavy atom. The molecule has 1 aromatic carbocycles. The summed E-state index contributed by atoms with van der Waals surface area (Å²) < 4.78 is 5.11. The molecule has 19 heavy (non-hydrogen) atoms. The van der Waals surface area contributed by atoms with Crippen molar-refractivity contribution in [2.24, 2.45) is 0 Å². The van der Waals surface area contributed by atoms with Gasteiger partial charge < -0.3 is 9.64 Å². The summed E-state index contributed by atoms with van der Waals surface area (Å²) in [6.45, 7) is 3.80. The van der Waals surface area contributed by atoms with Crippen LogP contribution in [0.25, 0.3) is 0 Å². The zero-order chi connectivity index (χ0) is 13.7. The maximum Gasteiger partial charge on any atom is 0.409 e. The van der Waals surface area contributed by atoms with Crippen LogP contribution in [0.1, 0.15) is 37.7 Å². The molecule has 0 N–H and O–H groups in total. The van der Waals surface area contributed by atoms with Crippen LogP contribution in [-0.4, -0.2) is 30.7 Å². The number of carbonyl (C=O) groups is 1. The summed E-state index contributed by atoms with van der Waals surface area (Å²) in [5.41, 5.74) is 1.25. The van der Waals surface area contributed by atoms with Crippen LogP contribution in [0.15, 0.2) is 24.3 Å². The van der Waals surface area contributed by atoms with Crippen molar-refractivity contribution >= 4 is 17.7 Å². The van der Waals surface area contributed by atoms with E-state index in [2.05, 4.69) is 12.1 Å². The molecule has 0 aliphatic carbocycles. The third-order valence-corrected chi connectivity index (χ3v) is 3.79. The Morgan fingerprint density at radius 1 is 1.37 bits per heavy atom. The second kappa shape index (κ2) is 6.80. The first-order valence-electron chi connectivity index (χ1n) is 6.88. The second-order valence-electron chi connectivity index (χ2n) is 4.89. The van der Waals surface area contributed by atoms with Crippen LogP contribution in [0.2, 0.25) is 5.02 Å². The molecule has 4 heteroatoms. The Balaban J connectivity index is 2.07. The van der Waals surface area contributed by atoms with Gasteiger partial charge in [-0.05, 0) is 37.5 Å². The van der Waals surface area contributed by atoms with Crippen molar-refractivity contribution in [3.8, 4) is 0 Å². The monoisotopic (exact) mass is 281 g/mol. The molecule has 1 heterocycles. The van der Waals surface area contributed by atoms with E-state index in [1.807, 2.05) is 24.0 Å². The van der Waals surface area contributed by atoms with Gasteiger partial charge >= 0.3 is 6.09 Å². The normalized spacial score (nSPS) is 19.9. The van der Waals surface area contributed by atoms with E-state index in [-0.39, 0.29) is 6.09 Å². The van der Waals surface area contributed by atoms with E-state index in [9.17, 15) is 4.79 Å². The highest BCUT2D eigenvalue weighted by molar-refractivity contribution is 6.30. The van der Waals surface area contributed by atoms with Crippen LogP contribution in [-0.2, 0) is 4.74 Å². The minimum Gasteiger partial charge on any atom is -0.450 e. The molecule has 1 aliphatic rings. The van der Waals surface area contributed by atoms with Gasteiger partial charge in [-0.2, -0.15) is 0 Å². The number of rotatable bonds is 2. The van der Waals surface area contributed by atoms with Gasteiger partial charge in [0.2, 0.25) is 0 Å². The summed E-state index contributed by atoms with van der Waals surface area (Å²) in [6.07, 6.45) is 3.10. The van der Waals surface area contributed by atoms with E-state index in [1.54, 1.807) is 0 Å². The number of likely N-dealkylation sites (tertiary alicyclic amines) is 1. The first-order valence-corrected chi connectivity index (χ1v) is 7.25. The van der Waals surface area contributed by atoms with Crippen LogP contribution in [0, 0.1) is 0 Å². The molecule has 104 valence electrons. The summed E-state index contributed by atoms with van der Waals surface area (Å²) in [5, 5.41) is 0.750. The zero-order valence-electron chi connectivity index (χ0n) is 11.3. The largest absolute Gasteiger partial charge is 0.450 e. The molecule has 3 nitrogen and oxygen atoms in total. The Kier molecular flexibility index (Phi) is 5.08. The summed E-state index contributed by atoms with van der Waals surface area (Å²) >= 11 is 5.92. The van der Waals surface area contributed by atoms with Crippen LogP contribution in [0.5, 0.6) is 0 Å². The first-order chi connectivity index (χ1) is 9.20. The molecule has 0 saturated carbocycles. The molecule has 0 aromatic heterocycles. The van der Waals surface area contributed by atoms with Crippen LogP contribution < -0.4 is 0 Å². The molecule has 1 unspecified atom stereocenters. The van der Waals surface area contributed by atoms with Crippen molar-refractivity contribution in [3.05, 3.63) is 34.9 Å². The van der Waals surface area contributed by atoms with Crippen molar-refractivity contribution in [2.75, 3.05) is 19.7 Å². The van der Waals surface area contributed by atoms with E-state index in [0.717, 1.165) is 37.4 Å². The fourth-order valence-electron chi connectivity index (χ4n) is 2.53. The minimum atomic E-state index is -0.191. The fourth-order valence-corrected chi connectivity index (χ4v) is 2.66. The third-order valence-electron chi connectivity index (χ3n) is 3.54. The third kappa shape index (κ3) is 3.87. The Morgan fingerprint density at radius 2 is 2.11 bits per heavy atom. The van der Waals surface area contributed by atoms with Gasteiger partial charge in [0.25, 0.3) is 0 Å². The molecule has 0 spiro atoms. The average Bonchev–Trinajstić information content (AvgIpc) is 2.66. The summed E-state index contributed by atoms with van der Waals surface area (Å²) in [5.74, 6) is 0.379. The van der Waals surface area contributed by atoms with Gasteiger partial charge in [-0.15, -0.1) is 0 Å². The van der Waals surface area contributed by atoms with E-state index >= 15 is 0 Å². The van der Waals surface area contributed by atoms with E-state index in [1.165, 1.54) is 5.56 Å². The van der Waals surface area contributed by atoms with Crippen molar-refractivity contribution in [2.45, 2.75) is 32.1 Å². The Labute approximate surface area is 119 Å². The number of nitrogens with zero attached hydrogens (tertiary/aromatic N) is 1. The van der Waals surface area contributed by atoms with Gasteiger partial charge in [-0.3, -0.25) is 0 Å².